The first-order valence-electron chi connectivity index (χ1n) is 8.15. The second kappa shape index (κ2) is 5.58. The first kappa shape index (κ1) is 14.6. The molecular weight excluding hydrogens is 290 g/mol. The van der Waals surface area contributed by atoms with Gasteiger partial charge in [-0.05, 0) is 43.0 Å². The summed E-state index contributed by atoms with van der Waals surface area (Å²) in [4.78, 5) is 6.60. The lowest BCUT2D eigenvalue weighted by molar-refractivity contribution is -0.0496. The number of benzene rings is 1. The minimum Gasteiger partial charge on any atom is -0.391 e. The highest BCUT2D eigenvalue weighted by Crippen LogP contribution is 2.38. The Bertz CT molecular complexity index is 712. The van der Waals surface area contributed by atoms with Crippen LogP contribution in [0.1, 0.15) is 24.3 Å². The van der Waals surface area contributed by atoms with Crippen LogP contribution in [0.15, 0.2) is 35.4 Å². The number of piperidine rings is 3. The van der Waals surface area contributed by atoms with Crippen molar-refractivity contribution in [3.8, 4) is 11.4 Å². The van der Waals surface area contributed by atoms with E-state index >= 15 is 0 Å². The molecule has 23 heavy (non-hydrogen) atoms. The minimum atomic E-state index is -0.301. The van der Waals surface area contributed by atoms with Gasteiger partial charge in [0.1, 0.15) is 0 Å². The molecule has 2 bridgehead atoms. The van der Waals surface area contributed by atoms with Gasteiger partial charge in [0.05, 0.1) is 12.1 Å². The summed E-state index contributed by atoms with van der Waals surface area (Å²) in [6, 6.07) is 8.06. The van der Waals surface area contributed by atoms with Crippen molar-refractivity contribution < 1.29 is 9.63 Å². The van der Waals surface area contributed by atoms with Gasteiger partial charge in [0.2, 0.25) is 11.7 Å². The van der Waals surface area contributed by atoms with Crippen molar-refractivity contribution in [2.24, 2.45) is 5.92 Å². The molecule has 0 radical (unpaired) electrons. The Kier molecular flexibility index (Phi) is 3.54. The predicted molar refractivity (Wildman–Crippen MR) is 87.6 cm³/mol. The van der Waals surface area contributed by atoms with Gasteiger partial charge in [0.25, 0.3) is 0 Å². The van der Waals surface area contributed by atoms with Gasteiger partial charge in [-0.15, -0.1) is 0 Å². The number of aliphatic hydroxyl groups excluding tert-OH is 1. The molecule has 2 aromatic rings. The van der Waals surface area contributed by atoms with Crippen LogP contribution in [0.5, 0.6) is 0 Å². The Morgan fingerprint density at radius 2 is 1.96 bits per heavy atom. The summed E-state index contributed by atoms with van der Waals surface area (Å²) in [5, 5.41) is 14.5. The minimum absolute atomic E-state index is 0.0424. The first-order valence-corrected chi connectivity index (χ1v) is 8.15. The molecule has 2 atom stereocenters. The second-order valence-corrected chi connectivity index (χ2v) is 6.55. The van der Waals surface area contributed by atoms with E-state index in [9.17, 15) is 5.11 Å². The van der Waals surface area contributed by atoms with E-state index in [1.807, 2.05) is 24.3 Å². The number of hydrogen-bond donors (Lipinski definition) is 1. The number of rotatable bonds is 3. The van der Waals surface area contributed by atoms with Crippen molar-refractivity contribution in [2.45, 2.75) is 31.9 Å². The van der Waals surface area contributed by atoms with Crippen molar-refractivity contribution in [2.75, 3.05) is 13.1 Å². The maximum Gasteiger partial charge on any atom is 0.223 e. The van der Waals surface area contributed by atoms with E-state index in [2.05, 4.69) is 21.6 Å². The topological polar surface area (TPSA) is 62.4 Å². The second-order valence-electron chi connectivity index (χ2n) is 6.55. The lowest BCUT2D eigenvalue weighted by Gasteiger charge is -2.49. The van der Waals surface area contributed by atoms with Crippen molar-refractivity contribution >= 4 is 5.57 Å². The Labute approximate surface area is 135 Å². The molecule has 3 fully saturated rings. The molecule has 5 heteroatoms. The van der Waals surface area contributed by atoms with Crippen LogP contribution in [-0.4, -0.2) is 45.4 Å². The summed E-state index contributed by atoms with van der Waals surface area (Å²) >= 11 is 0. The zero-order valence-corrected chi connectivity index (χ0v) is 13.3. The highest BCUT2D eigenvalue weighted by atomic mass is 16.5. The Balaban J connectivity index is 1.57. The third kappa shape index (κ3) is 2.50. The molecule has 2 unspecified atom stereocenters. The van der Waals surface area contributed by atoms with E-state index < -0.39 is 0 Å². The van der Waals surface area contributed by atoms with Crippen molar-refractivity contribution in [3.05, 3.63) is 42.3 Å². The first-order chi connectivity index (χ1) is 11.1. The van der Waals surface area contributed by atoms with E-state index in [0.29, 0.717) is 17.6 Å². The Morgan fingerprint density at radius 3 is 2.52 bits per heavy atom. The van der Waals surface area contributed by atoms with E-state index in [-0.39, 0.29) is 12.1 Å². The van der Waals surface area contributed by atoms with Gasteiger partial charge in [-0.1, -0.05) is 36.0 Å². The van der Waals surface area contributed by atoms with Gasteiger partial charge in [-0.3, -0.25) is 4.90 Å². The average molecular weight is 311 g/mol. The van der Waals surface area contributed by atoms with Gasteiger partial charge in [-0.2, -0.15) is 4.98 Å². The van der Waals surface area contributed by atoms with Crippen LogP contribution in [-0.2, 0) is 0 Å². The van der Waals surface area contributed by atoms with Crippen molar-refractivity contribution in [3.63, 3.8) is 0 Å². The van der Waals surface area contributed by atoms with Gasteiger partial charge in [-0.25, -0.2) is 0 Å². The fourth-order valence-electron chi connectivity index (χ4n) is 3.86. The average Bonchev–Trinajstić information content (AvgIpc) is 3.02. The third-order valence-electron chi connectivity index (χ3n) is 5.17. The standard InChI is InChI=1S/C18H21N3O2/c1-11(16-17(22)14-7-9-21(16)10-8-14)13-3-5-15(6-4-13)18-19-12(2)23-20-18/h3-6,14,16-17,22H,1,7-10H2,2H3. The van der Waals surface area contributed by atoms with Crippen LogP contribution < -0.4 is 0 Å². The number of fused-ring (bicyclic) bond motifs is 3. The molecule has 3 aliphatic heterocycles. The normalized spacial score (nSPS) is 29.7. The van der Waals surface area contributed by atoms with Crippen LogP contribution in [0, 0.1) is 12.8 Å². The molecule has 4 heterocycles. The third-order valence-corrected chi connectivity index (χ3v) is 5.17. The molecule has 0 amide bonds. The van der Waals surface area contributed by atoms with Crippen LogP contribution >= 0.6 is 0 Å². The predicted octanol–water partition coefficient (Wildman–Crippen LogP) is 2.51. The summed E-state index contributed by atoms with van der Waals surface area (Å²) in [6.07, 6.45) is 1.90. The molecule has 5 nitrogen and oxygen atoms in total. The number of aromatic nitrogens is 2. The number of nitrogens with zero attached hydrogens (tertiary/aromatic N) is 3. The molecule has 1 N–H and O–H groups in total. The molecule has 5 rings (SSSR count). The molecule has 1 aromatic heterocycles. The maximum absolute atomic E-state index is 10.6. The maximum atomic E-state index is 10.6. The number of aryl methyl sites for hydroxylation is 1. The molecule has 120 valence electrons. The fourth-order valence-corrected chi connectivity index (χ4v) is 3.86. The van der Waals surface area contributed by atoms with Crippen LogP contribution in [0.3, 0.4) is 0 Å². The van der Waals surface area contributed by atoms with E-state index in [1.165, 1.54) is 0 Å². The van der Waals surface area contributed by atoms with Crippen molar-refractivity contribution in [1.29, 1.82) is 0 Å². The quantitative estimate of drug-likeness (QED) is 0.943. The van der Waals surface area contributed by atoms with E-state index in [4.69, 9.17) is 4.52 Å². The molecule has 1 aromatic carbocycles. The Hall–Kier alpha value is -1.98. The highest BCUT2D eigenvalue weighted by Gasteiger charge is 2.42. The van der Waals surface area contributed by atoms with Crippen LogP contribution in [0.25, 0.3) is 17.0 Å². The SMILES string of the molecule is C=C(c1ccc(-c2noc(C)n2)cc1)C1C(O)C2CCN1CC2. The number of hydrogen-bond acceptors (Lipinski definition) is 5. The van der Waals surface area contributed by atoms with Gasteiger partial charge < -0.3 is 9.63 Å². The molecule has 0 saturated carbocycles. The van der Waals surface area contributed by atoms with Crippen molar-refractivity contribution in [1.82, 2.24) is 15.0 Å². The molecule has 0 aliphatic carbocycles. The van der Waals surface area contributed by atoms with Crippen LogP contribution in [0.2, 0.25) is 0 Å². The smallest absolute Gasteiger partial charge is 0.223 e. The molecule has 3 saturated heterocycles. The molecule has 3 aliphatic rings. The lowest BCUT2D eigenvalue weighted by Crippen LogP contribution is -2.57. The monoisotopic (exact) mass is 311 g/mol. The summed E-state index contributed by atoms with van der Waals surface area (Å²) in [7, 11) is 0. The van der Waals surface area contributed by atoms with Gasteiger partial charge >= 0.3 is 0 Å². The lowest BCUT2D eigenvalue weighted by atomic mass is 9.77. The van der Waals surface area contributed by atoms with Gasteiger partial charge in [0.15, 0.2) is 0 Å². The highest BCUT2D eigenvalue weighted by molar-refractivity contribution is 5.70. The molecule has 0 spiro atoms. The fraction of sp³-hybridized carbons (Fsp3) is 0.444. The summed E-state index contributed by atoms with van der Waals surface area (Å²) in [5.74, 6) is 1.58. The van der Waals surface area contributed by atoms with E-state index in [0.717, 1.165) is 42.6 Å². The van der Waals surface area contributed by atoms with Gasteiger partial charge in [0, 0.05) is 12.5 Å². The zero-order valence-electron chi connectivity index (χ0n) is 13.3. The largest absolute Gasteiger partial charge is 0.391 e. The van der Waals surface area contributed by atoms with E-state index in [1.54, 1.807) is 6.92 Å². The molecular formula is C18H21N3O2. The Morgan fingerprint density at radius 1 is 1.26 bits per heavy atom. The summed E-state index contributed by atoms with van der Waals surface area (Å²) in [6.45, 7) is 8.17. The summed E-state index contributed by atoms with van der Waals surface area (Å²) < 4.78 is 5.02. The number of aliphatic hydroxyl groups is 1. The summed E-state index contributed by atoms with van der Waals surface area (Å²) in [5.41, 5.74) is 2.98. The van der Waals surface area contributed by atoms with Crippen LogP contribution in [0.4, 0.5) is 0 Å². The zero-order chi connectivity index (χ0) is 16.0.